The molecule has 1 radical (unpaired) electrons. The second-order valence-corrected chi connectivity index (χ2v) is 4.86. The van der Waals surface area contributed by atoms with E-state index in [2.05, 4.69) is 10.6 Å². The summed E-state index contributed by atoms with van der Waals surface area (Å²) < 4.78 is 0. The predicted octanol–water partition coefficient (Wildman–Crippen LogP) is 1.92. The monoisotopic (exact) mass is 195 g/mol. The standard InChI is InChI=1S/C12H23N2/c1(4-11-7-9-13-10-11)2-8-14-12-5-3-6-12/h11-12,14H,1-10H2. The van der Waals surface area contributed by atoms with Crippen LogP contribution >= 0.6 is 0 Å². The van der Waals surface area contributed by atoms with Crippen molar-refractivity contribution in [2.75, 3.05) is 19.6 Å². The highest BCUT2D eigenvalue weighted by Gasteiger charge is 2.16. The van der Waals surface area contributed by atoms with E-state index in [1.54, 1.807) is 0 Å². The van der Waals surface area contributed by atoms with E-state index >= 15 is 0 Å². The topological polar surface area (TPSA) is 26.1 Å². The first-order valence-corrected chi connectivity index (χ1v) is 6.32. The van der Waals surface area contributed by atoms with Gasteiger partial charge < -0.3 is 5.32 Å². The number of hydrogen-bond donors (Lipinski definition) is 1. The van der Waals surface area contributed by atoms with Crippen molar-refractivity contribution in [2.24, 2.45) is 5.92 Å². The zero-order valence-corrected chi connectivity index (χ0v) is 9.17. The zero-order chi connectivity index (χ0) is 9.64. The van der Waals surface area contributed by atoms with Crippen LogP contribution in [-0.2, 0) is 0 Å². The molecule has 0 spiro atoms. The average molecular weight is 195 g/mol. The summed E-state index contributed by atoms with van der Waals surface area (Å²) >= 11 is 0. The molecule has 1 saturated carbocycles. The highest BCUT2D eigenvalue weighted by molar-refractivity contribution is 4.76. The van der Waals surface area contributed by atoms with Crippen molar-refractivity contribution in [3.63, 3.8) is 0 Å². The molecule has 0 aromatic heterocycles. The minimum Gasteiger partial charge on any atom is -0.314 e. The molecule has 1 atom stereocenters. The molecule has 2 nitrogen and oxygen atoms in total. The molecule has 81 valence electrons. The van der Waals surface area contributed by atoms with E-state index in [1.165, 1.54) is 51.5 Å². The quantitative estimate of drug-likeness (QED) is 0.644. The van der Waals surface area contributed by atoms with E-state index in [1.807, 2.05) is 0 Å². The van der Waals surface area contributed by atoms with Crippen molar-refractivity contribution in [1.82, 2.24) is 10.6 Å². The number of rotatable bonds is 6. The van der Waals surface area contributed by atoms with Crippen LogP contribution in [0, 0.1) is 5.92 Å². The Morgan fingerprint density at radius 3 is 2.71 bits per heavy atom. The smallest absolute Gasteiger partial charge is 0.0162 e. The molecule has 0 bridgehead atoms. The fraction of sp³-hybridized carbons (Fsp3) is 1.00. The predicted molar refractivity (Wildman–Crippen MR) is 59.5 cm³/mol. The minimum atomic E-state index is 0.872. The van der Waals surface area contributed by atoms with Crippen LogP contribution < -0.4 is 10.6 Å². The zero-order valence-electron chi connectivity index (χ0n) is 9.17. The second kappa shape index (κ2) is 5.72. The maximum Gasteiger partial charge on any atom is 0.0162 e. The lowest BCUT2D eigenvalue weighted by Gasteiger charge is -2.26. The third-order valence-corrected chi connectivity index (χ3v) is 3.66. The molecule has 14 heavy (non-hydrogen) atoms. The lowest BCUT2D eigenvalue weighted by molar-refractivity contribution is 0.335. The van der Waals surface area contributed by atoms with Gasteiger partial charge in [-0.3, -0.25) is 0 Å². The Bertz CT molecular complexity index is 148. The van der Waals surface area contributed by atoms with Gasteiger partial charge in [-0.2, -0.15) is 0 Å². The molecule has 0 amide bonds. The number of nitrogens with one attached hydrogen (secondary N) is 1. The largest absolute Gasteiger partial charge is 0.314 e. The molecule has 1 heterocycles. The third-order valence-electron chi connectivity index (χ3n) is 3.66. The molecule has 2 rings (SSSR count). The Hall–Kier alpha value is -0.0800. The summed E-state index contributed by atoms with van der Waals surface area (Å²) in [5, 5.41) is 8.02. The molecule has 2 aliphatic rings. The first-order chi connectivity index (χ1) is 6.95. The van der Waals surface area contributed by atoms with E-state index in [0.29, 0.717) is 0 Å². The van der Waals surface area contributed by atoms with Crippen LogP contribution in [0.15, 0.2) is 0 Å². The minimum absolute atomic E-state index is 0.872. The summed E-state index contributed by atoms with van der Waals surface area (Å²) in [6.07, 6.45) is 9.82. The molecule has 1 N–H and O–H groups in total. The van der Waals surface area contributed by atoms with Crippen LogP contribution in [0.5, 0.6) is 0 Å². The van der Waals surface area contributed by atoms with Crippen molar-refractivity contribution in [3.8, 4) is 0 Å². The van der Waals surface area contributed by atoms with E-state index in [0.717, 1.165) is 25.0 Å². The van der Waals surface area contributed by atoms with Gasteiger partial charge in [0.1, 0.15) is 0 Å². The van der Waals surface area contributed by atoms with Gasteiger partial charge >= 0.3 is 0 Å². The third kappa shape index (κ3) is 3.25. The van der Waals surface area contributed by atoms with Gasteiger partial charge in [0.2, 0.25) is 0 Å². The van der Waals surface area contributed by atoms with Crippen LogP contribution in [0.4, 0.5) is 0 Å². The fourth-order valence-corrected chi connectivity index (χ4v) is 2.35. The first-order valence-electron chi connectivity index (χ1n) is 6.32. The van der Waals surface area contributed by atoms with Gasteiger partial charge in [-0.25, -0.2) is 5.32 Å². The number of unbranched alkanes of at least 4 members (excludes halogenated alkanes) is 1. The van der Waals surface area contributed by atoms with Gasteiger partial charge in [0.25, 0.3) is 0 Å². The van der Waals surface area contributed by atoms with Crippen molar-refractivity contribution < 1.29 is 0 Å². The lowest BCUT2D eigenvalue weighted by atomic mass is 9.93. The van der Waals surface area contributed by atoms with Crippen LogP contribution in [0.1, 0.15) is 44.9 Å². The lowest BCUT2D eigenvalue weighted by Crippen LogP contribution is -2.35. The molecule has 2 heteroatoms. The molecule has 0 aromatic rings. The van der Waals surface area contributed by atoms with Gasteiger partial charge in [0, 0.05) is 19.1 Å². The van der Waals surface area contributed by atoms with Crippen LogP contribution in [-0.4, -0.2) is 25.7 Å². The molecular formula is C12H23N2. The van der Waals surface area contributed by atoms with Gasteiger partial charge in [-0.05, 0) is 44.6 Å². The van der Waals surface area contributed by atoms with Crippen molar-refractivity contribution in [2.45, 2.75) is 51.0 Å². The van der Waals surface area contributed by atoms with Gasteiger partial charge in [-0.1, -0.05) is 12.8 Å². The van der Waals surface area contributed by atoms with E-state index < -0.39 is 0 Å². The van der Waals surface area contributed by atoms with Crippen LogP contribution in [0.25, 0.3) is 0 Å². The van der Waals surface area contributed by atoms with Crippen molar-refractivity contribution in [3.05, 3.63) is 0 Å². The summed E-state index contributed by atoms with van der Waals surface area (Å²) in [5.74, 6) is 0.929. The Morgan fingerprint density at radius 2 is 2.07 bits per heavy atom. The summed E-state index contributed by atoms with van der Waals surface area (Å²) in [4.78, 5) is 0. The summed E-state index contributed by atoms with van der Waals surface area (Å²) in [6.45, 7) is 3.52. The Labute approximate surface area is 87.8 Å². The maximum atomic E-state index is 4.40. The van der Waals surface area contributed by atoms with E-state index in [-0.39, 0.29) is 0 Å². The van der Waals surface area contributed by atoms with Crippen molar-refractivity contribution in [1.29, 1.82) is 0 Å². The normalized spacial score (nSPS) is 27.9. The Kier molecular flexibility index (Phi) is 4.26. The first kappa shape index (κ1) is 10.4. The van der Waals surface area contributed by atoms with Crippen LogP contribution in [0.3, 0.4) is 0 Å². The van der Waals surface area contributed by atoms with Crippen molar-refractivity contribution >= 4 is 0 Å². The molecule has 1 aliphatic carbocycles. The van der Waals surface area contributed by atoms with Gasteiger partial charge in [0.05, 0.1) is 0 Å². The average Bonchev–Trinajstić information content (AvgIpc) is 2.60. The summed E-state index contributed by atoms with van der Waals surface area (Å²) in [5.41, 5.74) is 0. The van der Waals surface area contributed by atoms with Crippen LogP contribution in [0.2, 0.25) is 0 Å². The summed E-state index contributed by atoms with van der Waals surface area (Å²) in [7, 11) is 0. The number of nitrogens with zero attached hydrogens (tertiary/aromatic N) is 1. The Balaban J connectivity index is 1.39. The molecule has 1 aliphatic heterocycles. The van der Waals surface area contributed by atoms with Gasteiger partial charge in [0.15, 0.2) is 0 Å². The molecule has 0 aromatic carbocycles. The number of hydrogen-bond acceptors (Lipinski definition) is 1. The highest BCUT2D eigenvalue weighted by Crippen LogP contribution is 2.19. The van der Waals surface area contributed by atoms with E-state index in [4.69, 9.17) is 0 Å². The second-order valence-electron chi connectivity index (χ2n) is 4.86. The van der Waals surface area contributed by atoms with E-state index in [9.17, 15) is 0 Å². The summed E-state index contributed by atoms with van der Waals surface area (Å²) in [6, 6.07) is 0.872. The Morgan fingerprint density at radius 1 is 1.14 bits per heavy atom. The molecule has 1 unspecified atom stereocenters. The van der Waals surface area contributed by atoms with Gasteiger partial charge in [-0.15, -0.1) is 0 Å². The maximum absolute atomic E-state index is 4.40. The highest BCUT2D eigenvalue weighted by atomic mass is 14.9. The molecule has 2 fully saturated rings. The molecule has 1 saturated heterocycles. The molecular weight excluding hydrogens is 172 g/mol. The fourth-order valence-electron chi connectivity index (χ4n) is 2.35. The SMILES string of the molecule is C(CCC1CC[N]C1)CNC1CCC1.